The molecule has 0 atom stereocenters. The second-order valence-electron chi connectivity index (χ2n) is 4.82. The fourth-order valence-corrected chi connectivity index (χ4v) is 2.07. The number of anilines is 3. The Morgan fingerprint density at radius 2 is 2.09 bits per heavy atom. The number of nitrogen functional groups attached to an aromatic ring is 1. The van der Waals surface area contributed by atoms with Gasteiger partial charge in [0.2, 0.25) is 5.88 Å². The van der Waals surface area contributed by atoms with Crippen LogP contribution in [-0.2, 0) is 0 Å². The molecule has 0 radical (unpaired) electrons. The van der Waals surface area contributed by atoms with Crippen LogP contribution < -0.4 is 15.8 Å². The number of hydrogen-bond donors (Lipinski definition) is 2. The van der Waals surface area contributed by atoms with Gasteiger partial charge in [0.05, 0.1) is 6.20 Å². The van der Waals surface area contributed by atoms with E-state index in [4.69, 9.17) is 22.1 Å². The number of benzene rings is 1. The maximum atomic E-state index is 6.12. The van der Waals surface area contributed by atoms with Crippen molar-refractivity contribution in [2.45, 2.75) is 6.92 Å². The zero-order valence-corrected chi connectivity index (χ0v) is 13.1. The van der Waals surface area contributed by atoms with Crippen LogP contribution in [0.1, 0.15) is 5.56 Å². The summed E-state index contributed by atoms with van der Waals surface area (Å²) >= 11 is 6.12. The number of aryl methyl sites for hydroxylation is 1. The minimum atomic E-state index is 0.258. The van der Waals surface area contributed by atoms with Crippen molar-refractivity contribution >= 4 is 28.8 Å². The summed E-state index contributed by atoms with van der Waals surface area (Å²) in [5.74, 6) is 1.25. The van der Waals surface area contributed by atoms with E-state index in [-0.39, 0.29) is 5.88 Å². The van der Waals surface area contributed by atoms with Crippen LogP contribution in [0.5, 0.6) is 11.6 Å². The van der Waals surface area contributed by atoms with Crippen LogP contribution in [-0.4, -0.2) is 15.0 Å². The van der Waals surface area contributed by atoms with E-state index in [1.165, 1.54) is 6.33 Å². The summed E-state index contributed by atoms with van der Waals surface area (Å²) in [7, 11) is 0. The molecule has 0 bridgehead atoms. The first-order valence-electron chi connectivity index (χ1n) is 6.85. The second kappa shape index (κ2) is 6.50. The van der Waals surface area contributed by atoms with Gasteiger partial charge >= 0.3 is 0 Å². The summed E-state index contributed by atoms with van der Waals surface area (Å²) < 4.78 is 5.63. The molecule has 0 saturated heterocycles. The average Bonchev–Trinajstić information content (AvgIpc) is 2.56. The van der Waals surface area contributed by atoms with Crippen LogP contribution in [0.25, 0.3) is 0 Å². The molecule has 3 rings (SSSR count). The molecule has 116 valence electrons. The van der Waals surface area contributed by atoms with Crippen LogP contribution in [0.2, 0.25) is 5.02 Å². The molecule has 3 N–H and O–H groups in total. The summed E-state index contributed by atoms with van der Waals surface area (Å²) in [4.78, 5) is 12.2. The third-order valence-electron chi connectivity index (χ3n) is 3.13. The molecular formula is C16H14ClN5O. The number of nitrogens with one attached hydrogen (secondary N) is 1. The number of aromatic nitrogens is 3. The van der Waals surface area contributed by atoms with E-state index in [1.54, 1.807) is 30.6 Å². The van der Waals surface area contributed by atoms with Crippen LogP contribution >= 0.6 is 11.6 Å². The Bertz CT molecular complexity index is 826. The highest BCUT2D eigenvalue weighted by atomic mass is 35.5. The lowest BCUT2D eigenvalue weighted by Gasteiger charge is -2.12. The fourth-order valence-electron chi connectivity index (χ4n) is 1.89. The molecule has 0 saturated carbocycles. The molecule has 0 spiro atoms. The van der Waals surface area contributed by atoms with Crippen molar-refractivity contribution in [2.24, 2.45) is 0 Å². The molecule has 1 aromatic carbocycles. The van der Waals surface area contributed by atoms with E-state index in [0.29, 0.717) is 22.3 Å². The standard InChI is InChI=1S/C16H14ClN5O/c1-10-4-5-11(7-13(10)17)22-15-14(18)16(21-9-20-15)23-12-3-2-6-19-8-12/h2-9H,18H2,1H3,(H,20,21,22). The highest BCUT2D eigenvalue weighted by Gasteiger charge is 2.11. The maximum Gasteiger partial charge on any atom is 0.248 e. The summed E-state index contributed by atoms with van der Waals surface area (Å²) in [5, 5.41) is 3.77. The van der Waals surface area contributed by atoms with E-state index in [2.05, 4.69) is 20.3 Å². The second-order valence-corrected chi connectivity index (χ2v) is 5.23. The maximum absolute atomic E-state index is 6.12. The lowest BCUT2D eigenvalue weighted by Crippen LogP contribution is -2.03. The molecule has 0 amide bonds. The van der Waals surface area contributed by atoms with Gasteiger partial charge in [-0.05, 0) is 36.8 Å². The smallest absolute Gasteiger partial charge is 0.248 e. The Morgan fingerprint density at radius 3 is 2.83 bits per heavy atom. The van der Waals surface area contributed by atoms with E-state index >= 15 is 0 Å². The number of halogens is 1. The quantitative estimate of drug-likeness (QED) is 0.754. The van der Waals surface area contributed by atoms with E-state index in [1.807, 2.05) is 19.1 Å². The summed E-state index contributed by atoms with van der Waals surface area (Å²) in [5.41, 5.74) is 8.15. The van der Waals surface area contributed by atoms with Crippen LogP contribution in [0, 0.1) is 6.92 Å². The molecule has 6 nitrogen and oxygen atoms in total. The largest absolute Gasteiger partial charge is 0.435 e. The van der Waals surface area contributed by atoms with Gasteiger partial charge in [-0.3, -0.25) is 4.98 Å². The van der Waals surface area contributed by atoms with Gasteiger partial charge in [-0.2, -0.15) is 4.98 Å². The predicted octanol–water partition coefficient (Wildman–Crippen LogP) is 3.95. The van der Waals surface area contributed by atoms with Gasteiger partial charge in [0.25, 0.3) is 0 Å². The number of ether oxygens (including phenoxy) is 1. The van der Waals surface area contributed by atoms with Gasteiger partial charge in [-0.1, -0.05) is 17.7 Å². The molecule has 23 heavy (non-hydrogen) atoms. The summed E-state index contributed by atoms with van der Waals surface area (Å²) in [6.45, 7) is 1.94. The van der Waals surface area contributed by atoms with Crippen molar-refractivity contribution in [2.75, 3.05) is 11.1 Å². The number of pyridine rings is 1. The SMILES string of the molecule is Cc1ccc(Nc2ncnc(Oc3cccnc3)c2N)cc1Cl. The minimum absolute atomic E-state index is 0.258. The van der Waals surface area contributed by atoms with Crippen molar-refractivity contribution in [1.82, 2.24) is 15.0 Å². The Hall–Kier alpha value is -2.86. The first kappa shape index (κ1) is 15.1. The third kappa shape index (κ3) is 3.49. The van der Waals surface area contributed by atoms with E-state index in [9.17, 15) is 0 Å². The Kier molecular flexibility index (Phi) is 4.25. The minimum Gasteiger partial charge on any atom is -0.435 e. The van der Waals surface area contributed by atoms with Crippen molar-refractivity contribution in [1.29, 1.82) is 0 Å². The van der Waals surface area contributed by atoms with E-state index in [0.717, 1.165) is 11.3 Å². The highest BCUT2D eigenvalue weighted by Crippen LogP contribution is 2.31. The molecule has 0 fully saturated rings. The van der Waals surface area contributed by atoms with Gasteiger partial charge in [-0.25, -0.2) is 4.98 Å². The van der Waals surface area contributed by atoms with Crippen molar-refractivity contribution in [3.05, 3.63) is 59.6 Å². The number of hydrogen-bond acceptors (Lipinski definition) is 6. The molecule has 2 heterocycles. The molecule has 2 aromatic heterocycles. The van der Waals surface area contributed by atoms with Gasteiger partial charge in [-0.15, -0.1) is 0 Å². The first-order chi connectivity index (χ1) is 11.1. The highest BCUT2D eigenvalue weighted by molar-refractivity contribution is 6.31. The zero-order valence-electron chi connectivity index (χ0n) is 12.3. The number of nitrogens with zero attached hydrogens (tertiary/aromatic N) is 3. The lowest BCUT2D eigenvalue weighted by atomic mass is 10.2. The summed E-state index contributed by atoms with van der Waals surface area (Å²) in [6.07, 6.45) is 4.61. The van der Waals surface area contributed by atoms with Gasteiger partial charge in [0, 0.05) is 16.9 Å². The van der Waals surface area contributed by atoms with Gasteiger partial charge < -0.3 is 15.8 Å². The molecule has 0 unspecified atom stereocenters. The molecule has 0 aliphatic carbocycles. The molecule has 3 aromatic rings. The van der Waals surface area contributed by atoms with Crippen LogP contribution in [0.4, 0.5) is 17.2 Å². The Labute approximate surface area is 138 Å². The summed E-state index contributed by atoms with van der Waals surface area (Å²) in [6, 6.07) is 9.14. The third-order valence-corrected chi connectivity index (χ3v) is 3.54. The first-order valence-corrected chi connectivity index (χ1v) is 7.23. The monoisotopic (exact) mass is 327 g/mol. The van der Waals surface area contributed by atoms with Gasteiger partial charge in [0.15, 0.2) is 5.82 Å². The van der Waals surface area contributed by atoms with E-state index < -0.39 is 0 Å². The van der Waals surface area contributed by atoms with Gasteiger partial charge in [0.1, 0.15) is 17.8 Å². The Balaban J connectivity index is 1.86. The predicted molar refractivity (Wildman–Crippen MR) is 90.2 cm³/mol. The average molecular weight is 328 g/mol. The van der Waals surface area contributed by atoms with Crippen molar-refractivity contribution in [3.63, 3.8) is 0 Å². The molecule has 0 aliphatic heterocycles. The normalized spacial score (nSPS) is 10.3. The van der Waals surface area contributed by atoms with Crippen LogP contribution in [0.3, 0.4) is 0 Å². The van der Waals surface area contributed by atoms with Crippen molar-refractivity contribution in [3.8, 4) is 11.6 Å². The zero-order chi connectivity index (χ0) is 16.2. The number of rotatable bonds is 4. The Morgan fingerprint density at radius 1 is 1.22 bits per heavy atom. The topological polar surface area (TPSA) is 86.0 Å². The lowest BCUT2D eigenvalue weighted by molar-refractivity contribution is 0.462. The number of nitrogens with two attached hydrogens (primary N) is 1. The van der Waals surface area contributed by atoms with Crippen LogP contribution in [0.15, 0.2) is 49.1 Å². The molecule has 0 aliphatic rings. The molecule has 7 heteroatoms. The van der Waals surface area contributed by atoms with Crippen molar-refractivity contribution < 1.29 is 4.74 Å². The fraction of sp³-hybridized carbons (Fsp3) is 0.0625. The molecular weight excluding hydrogens is 314 g/mol.